The van der Waals surface area contributed by atoms with Crippen LogP contribution in [-0.4, -0.2) is 21.5 Å². The highest BCUT2D eigenvalue weighted by Crippen LogP contribution is 2.04. The zero-order valence-electron chi connectivity index (χ0n) is 8.97. The van der Waals surface area contributed by atoms with Crippen molar-refractivity contribution in [3.05, 3.63) is 34.3 Å². The molecule has 0 radical (unpaired) electrons. The third kappa shape index (κ3) is 3.13. The standard InChI is InChI=1S/C10H15N5S/c11-5-10-7-15(14-13-10)3-2-12-6-9-1-4-16-8-9/h1,4,7-8,12H,2-3,5-6,11H2. The first-order valence-electron chi connectivity index (χ1n) is 5.19. The van der Waals surface area contributed by atoms with E-state index in [2.05, 4.69) is 32.5 Å². The molecule has 0 saturated carbocycles. The number of rotatable bonds is 6. The van der Waals surface area contributed by atoms with Crippen LogP contribution in [0.1, 0.15) is 11.3 Å². The molecule has 0 fully saturated rings. The molecule has 0 saturated heterocycles. The molecule has 0 unspecified atom stereocenters. The summed E-state index contributed by atoms with van der Waals surface area (Å²) in [6.07, 6.45) is 1.88. The van der Waals surface area contributed by atoms with Crippen molar-refractivity contribution in [3.63, 3.8) is 0 Å². The molecule has 2 heterocycles. The van der Waals surface area contributed by atoms with Gasteiger partial charge in [-0.15, -0.1) is 5.10 Å². The molecule has 0 spiro atoms. The van der Waals surface area contributed by atoms with Crippen molar-refractivity contribution in [2.75, 3.05) is 6.54 Å². The van der Waals surface area contributed by atoms with Gasteiger partial charge in [0.15, 0.2) is 0 Å². The van der Waals surface area contributed by atoms with Crippen LogP contribution in [0.2, 0.25) is 0 Å². The van der Waals surface area contributed by atoms with Gasteiger partial charge in [-0.25, -0.2) is 0 Å². The van der Waals surface area contributed by atoms with Crippen molar-refractivity contribution in [2.24, 2.45) is 5.73 Å². The molecule has 0 aliphatic rings. The monoisotopic (exact) mass is 237 g/mol. The van der Waals surface area contributed by atoms with Crippen LogP contribution >= 0.6 is 11.3 Å². The number of nitrogens with one attached hydrogen (secondary N) is 1. The fraction of sp³-hybridized carbons (Fsp3) is 0.400. The van der Waals surface area contributed by atoms with Crippen molar-refractivity contribution in [1.82, 2.24) is 20.3 Å². The Morgan fingerprint density at radius 3 is 3.12 bits per heavy atom. The van der Waals surface area contributed by atoms with E-state index >= 15 is 0 Å². The van der Waals surface area contributed by atoms with Gasteiger partial charge in [-0.05, 0) is 22.4 Å². The number of thiophene rings is 1. The molecule has 0 aliphatic heterocycles. The Labute approximate surface area is 98.3 Å². The van der Waals surface area contributed by atoms with Gasteiger partial charge in [-0.2, -0.15) is 11.3 Å². The highest BCUT2D eigenvalue weighted by molar-refractivity contribution is 7.07. The average Bonchev–Trinajstić information content (AvgIpc) is 2.95. The zero-order valence-corrected chi connectivity index (χ0v) is 9.78. The second-order valence-corrected chi connectivity index (χ2v) is 4.27. The maximum absolute atomic E-state index is 5.45. The first-order valence-corrected chi connectivity index (χ1v) is 6.13. The molecule has 2 aromatic heterocycles. The predicted octanol–water partition coefficient (Wildman–Crippen LogP) is 0.588. The van der Waals surface area contributed by atoms with Gasteiger partial charge in [-0.3, -0.25) is 4.68 Å². The van der Waals surface area contributed by atoms with Crippen LogP contribution in [0.4, 0.5) is 0 Å². The Hall–Kier alpha value is -1.24. The van der Waals surface area contributed by atoms with E-state index in [9.17, 15) is 0 Å². The molecule has 0 amide bonds. The smallest absolute Gasteiger partial charge is 0.0962 e. The summed E-state index contributed by atoms with van der Waals surface area (Å²) in [5.41, 5.74) is 7.61. The zero-order chi connectivity index (χ0) is 11.2. The van der Waals surface area contributed by atoms with E-state index in [0.29, 0.717) is 6.54 Å². The summed E-state index contributed by atoms with van der Waals surface area (Å²) in [6.45, 7) is 3.05. The maximum Gasteiger partial charge on any atom is 0.0962 e. The fourth-order valence-electron chi connectivity index (χ4n) is 1.36. The summed E-state index contributed by atoms with van der Waals surface area (Å²) in [7, 11) is 0. The lowest BCUT2D eigenvalue weighted by Crippen LogP contribution is -2.19. The fourth-order valence-corrected chi connectivity index (χ4v) is 2.03. The number of nitrogens with zero attached hydrogens (tertiary/aromatic N) is 3. The Morgan fingerprint density at radius 1 is 1.50 bits per heavy atom. The van der Waals surface area contributed by atoms with Crippen molar-refractivity contribution >= 4 is 11.3 Å². The van der Waals surface area contributed by atoms with Gasteiger partial charge in [0.1, 0.15) is 0 Å². The van der Waals surface area contributed by atoms with Gasteiger partial charge in [0, 0.05) is 25.8 Å². The Morgan fingerprint density at radius 2 is 2.44 bits per heavy atom. The number of hydrogen-bond acceptors (Lipinski definition) is 5. The predicted molar refractivity (Wildman–Crippen MR) is 63.9 cm³/mol. The molecule has 3 N–H and O–H groups in total. The molecular weight excluding hydrogens is 222 g/mol. The highest BCUT2D eigenvalue weighted by Gasteiger charge is 1.97. The van der Waals surface area contributed by atoms with Crippen LogP contribution < -0.4 is 11.1 Å². The van der Waals surface area contributed by atoms with Crippen LogP contribution in [0.3, 0.4) is 0 Å². The quantitative estimate of drug-likeness (QED) is 0.721. The van der Waals surface area contributed by atoms with E-state index in [1.54, 1.807) is 11.3 Å². The minimum absolute atomic E-state index is 0.447. The van der Waals surface area contributed by atoms with Gasteiger partial charge < -0.3 is 11.1 Å². The lowest BCUT2D eigenvalue weighted by molar-refractivity contribution is 0.540. The average molecular weight is 237 g/mol. The molecule has 86 valence electrons. The molecule has 0 aromatic carbocycles. The maximum atomic E-state index is 5.45. The lowest BCUT2D eigenvalue weighted by atomic mass is 10.3. The third-order valence-corrected chi connectivity index (χ3v) is 2.95. The number of aromatic nitrogens is 3. The SMILES string of the molecule is NCc1cn(CCNCc2ccsc2)nn1. The van der Waals surface area contributed by atoms with E-state index in [1.807, 2.05) is 10.9 Å². The van der Waals surface area contributed by atoms with Crippen LogP contribution in [0.15, 0.2) is 23.0 Å². The topological polar surface area (TPSA) is 68.8 Å². The number of nitrogens with two attached hydrogens (primary N) is 1. The van der Waals surface area contributed by atoms with Crippen LogP contribution in [0.25, 0.3) is 0 Å². The van der Waals surface area contributed by atoms with E-state index in [1.165, 1.54) is 5.56 Å². The summed E-state index contributed by atoms with van der Waals surface area (Å²) in [5, 5.41) is 15.5. The Kier molecular flexibility index (Phi) is 4.03. The second-order valence-electron chi connectivity index (χ2n) is 3.49. The molecule has 2 rings (SSSR count). The van der Waals surface area contributed by atoms with Crippen LogP contribution in [0, 0.1) is 0 Å². The Bertz CT molecular complexity index is 409. The summed E-state index contributed by atoms with van der Waals surface area (Å²) >= 11 is 1.72. The lowest BCUT2D eigenvalue weighted by Gasteiger charge is -2.02. The molecule has 5 nitrogen and oxygen atoms in total. The largest absolute Gasteiger partial charge is 0.325 e. The molecule has 6 heteroatoms. The van der Waals surface area contributed by atoms with Gasteiger partial charge in [-0.1, -0.05) is 5.21 Å². The molecule has 0 aliphatic carbocycles. The van der Waals surface area contributed by atoms with Crippen LogP contribution in [0.5, 0.6) is 0 Å². The van der Waals surface area contributed by atoms with Crippen LogP contribution in [-0.2, 0) is 19.6 Å². The summed E-state index contributed by atoms with van der Waals surface area (Å²) in [6, 6.07) is 2.12. The van der Waals surface area contributed by atoms with E-state index in [0.717, 1.165) is 25.3 Å². The summed E-state index contributed by atoms with van der Waals surface area (Å²) < 4.78 is 1.81. The van der Waals surface area contributed by atoms with E-state index in [-0.39, 0.29) is 0 Å². The van der Waals surface area contributed by atoms with Gasteiger partial charge in [0.2, 0.25) is 0 Å². The van der Waals surface area contributed by atoms with Gasteiger partial charge in [0.25, 0.3) is 0 Å². The van der Waals surface area contributed by atoms with Gasteiger partial charge in [0.05, 0.1) is 12.2 Å². The highest BCUT2D eigenvalue weighted by atomic mass is 32.1. The first kappa shape index (κ1) is 11.3. The molecular formula is C10H15N5S. The molecule has 2 aromatic rings. The summed E-state index contributed by atoms with van der Waals surface area (Å²) in [4.78, 5) is 0. The van der Waals surface area contributed by atoms with Crippen molar-refractivity contribution in [1.29, 1.82) is 0 Å². The normalized spacial score (nSPS) is 10.8. The van der Waals surface area contributed by atoms with Gasteiger partial charge >= 0.3 is 0 Å². The minimum atomic E-state index is 0.447. The van der Waals surface area contributed by atoms with Crippen molar-refractivity contribution in [3.8, 4) is 0 Å². The van der Waals surface area contributed by atoms with Crippen molar-refractivity contribution in [2.45, 2.75) is 19.6 Å². The Balaban J connectivity index is 1.68. The van der Waals surface area contributed by atoms with Crippen molar-refractivity contribution < 1.29 is 0 Å². The first-order chi connectivity index (χ1) is 7.88. The summed E-state index contributed by atoms with van der Waals surface area (Å²) in [5.74, 6) is 0. The molecule has 16 heavy (non-hydrogen) atoms. The minimum Gasteiger partial charge on any atom is -0.325 e. The van der Waals surface area contributed by atoms with E-state index in [4.69, 9.17) is 5.73 Å². The molecule has 0 bridgehead atoms. The second kappa shape index (κ2) is 5.74. The third-order valence-electron chi connectivity index (χ3n) is 2.22. The number of hydrogen-bond donors (Lipinski definition) is 2. The van der Waals surface area contributed by atoms with E-state index < -0.39 is 0 Å². The molecule has 0 atom stereocenters.